The number of thiol groups is 1. The lowest BCUT2D eigenvalue weighted by Crippen LogP contribution is -1.84. The molecule has 0 aromatic carbocycles. The maximum absolute atomic E-state index is 4.27. The summed E-state index contributed by atoms with van der Waals surface area (Å²) >= 11 is 4.27. The summed E-state index contributed by atoms with van der Waals surface area (Å²) in [7, 11) is 0. The van der Waals surface area contributed by atoms with E-state index in [-0.39, 0.29) is 0 Å². The molecule has 0 N–H and O–H groups in total. The number of allylic oxidation sites excluding steroid dienone is 2. The van der Waals surface area contributed by atoms with Crippen molar-refractivity contribution in [2.75, 3.05) is 0 Å². The Hall–Kier alpha value is 0.0900. The summed E-state index contributed by atoms with van der Waals surface area (Å²) in [5.74, 6) is 0.596. The first-order valence-electron chi connectivity index (χ1n) is 3.07. The molecule has 0 fully saturated rings. The predicted molar refractivity (Wildman–Crippen MR) is 42.2 cm³/mol. The Morgan fingerprint density at radius 2 is 2.12 bits per heavy atom. The van der Waals surface area contributed by atoms with Gasteiger partial charge >= 0.3 is 0 Å². The van der Waals surface area contributed by atoms with E-state index in [4.69, 9.17) is 0 Å². The molecule has 0 atom stereocenters. The smallest absolute Gasteiger partial charge is 0.0165 e. The van der Waals surface area contributed by atoms with Gasteiger partial charge in [0.1, 0.15) is 0 Å². The summed E-state index contributed by atoms with van der Waals surface area (Å²) in [6.45, 7) is 6.42. The van der Waals surface area contributed by atoms with E-state index in [9.17, 15) is 0 Å². The fourth-order valence-corrected chi connectivity index (χ4v) is 0.627. The Labute approximate surface area is 57.4 Å². The Kier molecular flexibility index (Phi) is 4.06. The average Bonchev–Trinajstić information content (AvgIpc) is 1.67. The summed E-state index contributed by atoms with van der Waals surface area (Å²) in [4.78, 5) is 1.20. The van der Waals surface area contributed by atoms with Crippen LogP contribution in [0.1, 0.15) is 27.2 Å². The molecule has 0 nitrogen and oxygen atoms in total. The van der Waals surface area contributed by atoms with E-state index in [1.54, 1.807) is 0 Å². The van der Waals surface area contributed by atoms with Gasteiger partial charge in [0, 0.05) is 0 Å². The molecule has 0 rings (SSSR count). The fourth-order valence-electron chi connectivity index (χ4n) is 0.445. The molecular formula is C7H14S. The van der Waals surface area contributed by atoms with Crippen LogP contribution in [0.5, 0.6) is 0 Å². The quantitative estimate of drug-likeness (QED) is 0.546. The Morgan fingerprint density at radius 3 is 2.25 bits per heavy atom. The molecule has 1 heteroatoms. The van der Waals surface area contributed by atoms with E-state index < -0.39 is 0 Å². The highest BCUT2D eigenvalue weighted by atomic mass is 32.1. The van der Waals surface area contributed by atoms with Crippen LogP contribution in [-0.4, -0.2) is 0 Å². The third kappa shape index (κ3) is 3.14. The second-order valence-electron chi connectivity index (χ2n) is 2.19. The van der Waals surface area contributed by atoms with Crippen LogP contribution in [-0.2, 0) is 0 Å². The van der Waals surface area contributed by atoms with Gasteiger partial charge in [-0.05, 0) is 17.2 Å². The maximum atomic E-state index is 4.27. The van der Waals surface area contributed by atoms with Crippen molar-refractivity contribution in [1.29, 1.82) is 0 Å². The summed E-state index contributed by atoms with van der Waals surface area (Å²) in [6.07, 6.45) is 3.24. The zero-order valence-electron chi connectivity index (χ0n) is 5.81. The summed E-state index contributed by atoms with van der Waals surface area (Å²) < 4.78 is 0. The van der Waals surface area contributed by atoms with Crippen LogP contribution in [0.25, 0.3) is 0 Å². The minimum atomic E-state index is 0.596. The van der Waals surface area contributed by atoms with Crippen LogP contribution in [0.4, 0.5) is 0 Å². The molecular weight excluding hydrogens is 116 g/mol. The van der Waals surface area contributed by atoms with Gasteiger partial charge in [-0.15, -0.1) is 12.6 Å². The van der Waals surface area contributed by atoms with Crippen LogP contribution in [0.15, 0.2) is 11.0 Å². The standard InChI is InChI=1S/C7H14S/c1-4-5-7(8)6(2)3/h5-6,8H,4H2,1-3H3. The maximum Gasteiger partial charge on any atom is -0.0165 e. The molecule has 0 spiro atoms. The fraction of sp³-hybridized carbons (Fsp3) is 0.714. The Morgan fingerprint density at radius 1 is 1.62 bits per heavy atom. The molecule has 0 aromatic rings. The lowest BCUT2D eigenvalue weighted by atomic mass is 10.2. The van der Waals surface area contributed by atoms with Gasteiger partial charge in [0.2, 0.25) is 0 Å². The van der Waals surface area contributed by atoms with Crippen LogP contribution in [0, 0.1) is 5.92 Å². The highest BCUT2D eigenvalue weighted by Gasteiger charge is 1.93. The van der Waals surface area contributed by atoms with Crippen LogP contribution in [0.3, 0.4) is 0 Å². The van der Waals surface area contributed by atoms with Gasteiger partial charge in [-0.3, -0.25) is 0 Å². The third-order valence-corrected chi connectivity index (χ3v) is 1.70. The van der Waals surface area contributed by atoms with Crippen molar-refractivity contribution in [2.24, 2.45) is 5.92 Å². The van der Waals surface area contributed by atoms with Gasteiger partial charge in [0.15, 0.2) is 0 Å². The highest BCUT2D eigenvalue weighted by molar-refractivity contribution is 7.84. The molecule has 0 aliphatic rings. The minimum absolute atomic E-state index is 0.596. The lowest BCUT2D eigenvalue weighted by molar-refractivity contribution is 0.812. The monoisotopic (exact) mass is 130 g/mol. The molecule has 0 saturated heterocycles. The van der Waals surface area contributed by atoms with E-state index >= 15 is 0 Å². The van der Waals surface area contributed by atoms with Gasteiger partial charge in [0.25, 0.3) is 0 Å². The van der Waals surface area contributed by atoms with Crippen molar-refractivity contribution in [3.8, 4) is 0 Å². The van der Waals surface area contributed by atoms with Crippen molar-refractivity contribution in [3.05, 3.63) is 11.0 Å². The molecule has 8 heavy (non-hydrogen) atoms. The van der Waals surface area contributed by atoms with E-state index in [1.165, 1.54) is 4.91 Å². The second kappa shape index (κ2) is 4.02. The minimum Gasteiger partial charge on any atom is -0.148 e. The second-order valence-corrected chi connectivity index (χ2v) is 2.71. The molecule has 48 valence electrons. The molecule has 0 saturated carbocycles. The Bertz CT molecular complexity index is 82.4. The number of hydrogen-bond acceptors (Lipinski definition) is 1. The van der Waals surface area contributed by atoms with E-state index in [0.717, 1.165) is 6.42 Å². The highest BCUT2D eigenvalue weighted by Crippen LogP contribution is 2.13. The van der Waals surface area contributed by atoms with Gasteiger partial charge in [0.05, 0.1) is 0 Å². The van der Waals surface area contributed by atoms with Gasteiger partial charge in [-0.2, -0.15) is 0 Å². The van der Waals surface area contributed by atoms with Crippen molar-refractivity contribution < 1.29 is 0 Å². The van der Waals surface area contributed by atoms with Gasteiger partial charge < -0.3 is 0 Å². The first-order chi connectivity index (χ1) is 3.68. The summed E-state index contributed by atoms with van der Waals surface area (Å²) in [6, 6.07) is 0. The summed E-state index contributed by atoms with van der Waals surface area (Å²) in [5.41, 5.74) is 0. The van der Waals surface area contributed by atoms with Crippen LogP contribution in [0.2, 0.25) is 0 Å². The normalized spacial score (nSPS) is 12.9. The van der Waals surface area contributed by atoms with E-state index in [1.807, 2.05) is 0 Å². The third-order valence-electron chi connectivity index (χ3n) is 1.00. The van der Waals surface area contributed by atoms with Crippen LogP contribution < -0.4 is 0 Å². The van der Waals surface area contributed by atoms with Gasteiger partial charge in [-0.1, -0.05) is 26.8 Å². The van der Waals surface area contributed by atoms with Gasteiger partial charge in [-0.25, -0.2) is 0 Å². The van der Waals surface area contributed by atoms with E-state index in [2.05, 4.69) is 39.5 Å². The van der Waals surface area contributed by atoms with Crippen molar-refractivity contribution in [3.63, 3.8) is 0 Å². The molecule has 0 aliphatic carbocycles. The SMILES string of the molecule is CCC=C(S)C(C)C. The van der Waals surface area contributed by atoms with Crippen molar-refractivity contribution in [2.45, 2.75) is 27.2 Å². The molecule has 0 aromatic heterocycles. The zero-order chi connectivity index (χ0) is 6.57. The zero-order valence-corrected chi connectivity index (χ0v) is 6.70. The molecule has 0 unspecified atom stereocenters. The average molecular weight is 130 g/mol. The largest absolute Gasteiger partial charge is 0.148 e. The summed E-state index contributed by atoms with van der Waals surface area (Å²) in [5, 5.41) is 0. The van der Waals surface area contributed by atoms with Crippen LogP contribution >= 0.6 is 12.6 Å². The lowest BCUT2D eigenvalue weighted by Gasteiger charge is -2.00. The number of hydrogen-bond donors (Lipinski definition) is 1. The first-order valence-corrected chi connectivity index (χ1v) is 3.52. The van der Waals surface area contributed by atoms with Crippen molar-refractivity contribution in [1.82, 2.24) is 0 Å². The van der Waals surface area contributed by atoms with E-state index in [0.29, 0.717) is 5.92 Å². The number of rotatable bonds is 2. The predicted octanol–water partition coefficient (Wildman–Crippen LogP) is 2.87. The Balaban J connectivity index is 3.61. The topological polar surface area (TPSA) is 0 Å². The first kappa shape index (κ1) is 8.09. The molecule has 0 heterocycles. The molecule has 0 aliphatic heterocycles. The molecule has 0 amide bonds. The molecule has 0 radical (unpaired) electrons. The molecule has 0 bridgehead atoms. The van der Waals surface area contributed by atoms with Crippen molar-refractivity contribution >= 4 is 12.6 Å².